The van der Waals surface area contributed by atoms with Gasteiger partial charge in [-0.15, -0.1) is 6.58 Å². The Bertz CT molecular complexity index is 402. The van der Waals surface area contributed by atoms with Crippen molar-refractivity contribution in [3.63, 3.8) is 0 Å². The van der Waals surface area contributed by atoms with E-state index in [1.807, 2.05) is 13.8 Å². The molecule has 0 aromatic heterocycles. The number of hydrogen-bond donors (Lipinski definition) is 2. The van der Waals surface area contributed by atoms with Gasteiger partial charge >= 0.3 is 5.97 Å². The summed E-state index contributed by atoms with van der Waals surface area (Å²) in [5, 5.41) is 19.2. The number of allylic oxidation sites excluding steroid dienone is 1. The van der Waals surface area contributed by atoms with E-state index in [0.29, 0.717) is 19.6 Å². The summed E-state index contributed by atoms with van der Waals surface area (Å²) in [4.78, 5) is 22.4. The maximum atomic E-state index is 12.3. The summed E-state index contributed by atoms with van der Waals surface area (Å²) >= 11 is 0. The fourth-order valence-corrected chi connectivity index (χ4v) is 2.30. The van der Waals surface area contributed by atoms with Crippen LogP contribution < -0.4 is 0 Å². The van der Waals surface area contributed by atoms with Gasteiger partial charge in [-0.25, -0.2) is 9.78 Å². The number of rotatable bonds is 15. The minimum absolute atomic E-state index is 0.00850. The Hall–Kier alpha value is -1.03. The molecule has 8 heteroatoms. The molecule has 4 unspecified atom stereocenters. The number of carbonyl (C=O) groups excluding carboxylic acids is 1. The Morgan fingerprint density at radius 2 is 1.72 bits per heavy atom. The number of aliphatic hydroxyl groups excluding tert-OH is 2. The molecule has 25 heavy (non-hydrogen) atoms. The zero-order valence-electron chi connectivity index (χ0n) is 15.0. The molecule has 0 heterocycles. The normalized spacial score (nSPS) is 24.6. The van der Waals surface area contributed by atoms with Crippen LogP contribution in [0.1, 0.15) is 20.3 Å². The van der Waals surface area contributed by atoms with Gasteiger partial charge in [0.25, 0.3) is 0 Å². The molecular weight excluding hydrogens is 332 g/mol. The van der Waals surface area contributed by atoms with E-state index in [4.69, 9.17) is 24.0 Å². The summed E-state index contributed by atoms with van der Waals surface area (Å²) in [7, 11) is 0. The summed E-state index contributed by atoms with van der Waals surface area (Å²) in [6.07, 6.45) is 0.547. The zero-order chi connectivity index (χ0) is 18.7. The van der Waals surface area contributed by atoms with Crippen LogP contribution in [0.3, 0.4) is 0 Å². The SMILES string of the molecule is C=CC1CC1(COOCC(O)COCC)C(=O)OCC(O)COCC. The third-order valence-corrected chi connectivity index (χ3v) is 3.92. The lowest BCUT2D eigenvalue weighted by Crippen LogP contribution is -2.31. The van der Waals surface area contributed by atoms with Gasteiger partial charge < -0.3 is 24.4 Å². The standard InChI is InChI=1S/C17H30O8/c1-4-13-7-17(13,12-25-24-11-15(19)9-22-6-3)16(20)23-10-14(18)8-21-5-2/h4,13-15,18-19H,1,5-12H2,2-3H3. The Balaban J connectivity index is 2.33. The third kappa shape index (κ3) is 7.39. The Kier molecular flexibility index (Phi) is 10.2. The molecular formula is C17H30O8. The molecule has 0 amide bonds. The molecule has 0 saturated heterocycles. The maximum absolute atomic E-state index is 12.3. The number of ether oxygens (including phenoxy) is 3. The van der Waals surface area contributed by atoms with Gasteiger partial charge in [-0.3, -0.25) is 4.79 Å². The van der Waals surface area contributed by atoms with Crippen LogP contribution in [-0.4, -0.2) is 74.6 Å². The van der Waals surface area contributed by atoms with Crippen molar-refractivity contribution in [2.24, 2.45) is 11.3 Å². The van der Waals surface area contributed by atoms with Gasteiger partial charge in [0.1, 0.15) is 30.8 Å². The van der Waals surface area contributed by atoms with Crippen molar-refractivity contribution in [3.8, 4) is 0 Å². The van der Waals surface area contributed by atoms with Crippen LogP contribution in [0.25, 0.3) is 0 Å². The summed E-state index contributed by atoms with van der Waals surface area (Å²) < 4.78 is 15.3. The summed E-state index contributed by atoms with van der Waals surface area (Å²) in [5.41, 5.74) is -0.849. The Morgan fingerprint density at radius 1 is 1.12 bits per heavy atom. The van der Waals surface area contributed by atoms with E-state index in [9.17, 15) is 15.0 Å². The van der Waals surface area contributed by atoms with Crippen LogP contribution in [-0.2, 0) is 28.8 Å². The van der Waals surface area contributed by atoms with E-state index in [1.54, 1.807) is 6.08 Å². The van der Waals surface area contributed by atoms with Gasteiger partial charge in [0.15, 0.2) is 0 Å². The maximum Gasteiger partial charge on any atom is 0.315 e. The van der Waals surface area contributed by atoms with Gasteiger partial charge in [0.05, 0.1) is 19.8 Å². The van der Waals surface area contributed by atoms with Crippen molar-refractivity contribution in [1.82, 2.24) is 0 Å². The molecule has 1 saturated carbocycles. The number of hydrogen-bond acceptors (Lipinski definition) is 8. The van der Waals surface area contributed by atoms with Crippen molar-refractivity contribution in [2.75, 3.05) is 46.2 Å². The van der Waals surface area contributed by atoms with Crippen molar-refractivity contribution in [1.29, 1.82) is 0 Å². The second-order valence-corrected chi connectivity index (χ2v) is 5.97. The molecule has 4 atom stereocenters. The summed E-state index contributed by atoms with van der Waals surface area (Å²) in [6, 6.07) is 0. The van der Waals surface area contributed by atoms with E-state index in [0.717, 1.165) is 0 Å². The van der Waals surface area contributed by atoms with Crippen LogP contribution in [0.4, 0.5) is 0 Å². The fourth-order valence-electron chi connectivity index (χ4n) is 2.30. The Morgan fingerprint density at radius 3 is 2.24 bits per heavy atom. The smallest absolute Gasteiger partial charge is 0.315 e. The second-order valence-electron chi connectivity index (χ2n) is 5.97. The van der Waals surface area contributed by atoms with E-state index >= 15 is 0 Å². The average molecular weight is 362 g/mol. The predicted octanol–water partition coefficient (Wildman–Crippen LogP) is 0.465. The molecule has 2 N–H and O–H groups in total. The highest BCUT2D eigenvalue weighted by atomic mass is 17.2. The first kappa shape index (κ1) is 22.0. The highest BCUT2D eigenvalue weighted by Crippen LogP contribution is 2.54. The predicted molar refractivity (Wildman–Crippen MR) is 88.6 cm³/mol. The van der Waals surface area contributed by atoms with Gasteiger partial charge in [-0.2, -0.15) is 0 Å². The molecule has 0 aromatic rings. The van der Waals surface area contributed by atoms with Gasteiger partial charge in [0.2, 0.25) is 0 Å². The van der Waals surface area contributed by atoms with E-state index in [2.05, 4.69) is 6.58 Å². The average Bonchev–Trinajstić information content (AvgIpc) is 3.34. The lowest BCUT2D eigenvalue weighted by atomic mass is 10.1. The van der Waals surface area contributed by atoms with Crippen LogP contribution in [0, 0.1) is 11.3 Å². The lowest BCUT2D eigenvalue weighted by molar-refractivity contribution is -0.314. The molecule has 0 bridgehead atoms. The van der Waals surface area contributed by atoms with Gasteiger partial charge in [-0.05, 0) is 26.2 Å². The van der Waals surface area contributed by atoms with E-state index < -0.39 is 23.6 Å². The minimum Gasteiger partial charge on any atom is -0.462 e. The quantitative estimate of drug-likeness (QED) is 0.142. The van der Waals surface area contributed by atoms with Crippen LogP contribution in [0.5, 0.6) is 0 Å². The van der Waals surface area contributed by atoms with Crippen molar-refractivity contribution < 1.29 is 39.0 Å². The molecule has 1 rings (SSSR count). The number of aliphatic hydroxyl groups is 2. The minimum atomic E-state index is -0.868. The molecule has 1 aliphatic rings. The topological polar surface area (TPSA) is 104 Å². The molecule has 1 fully saturated rings. The first-order valence-electron chi connectivity index (χ1n) is 8.55. The van der Waals surface area contributed by atoms with E-state index in [-0.39, 0.29) is 39.0 Å². The largest absolute Gasteiger partial charge is 0.462 e. The first-order valence-corrected chi connectivity index (χ1v) is 8.55. The molecule has 0 aromatic carbocycles. The zero-order valence-corrected chi connectivity index (χ0v) is 15.0. The van der Waals surface area contributed by atoms with E-state index in [1.165, 1.54) is 0 Å². The molecule has 0 radical (unpaired) electrons. The van der Waals surface area contributed by atoms with Crippen molar-refractivity contribution in [3.05, 3.63) is 12.7 Å². The second kappa shape index (κ2) is 11.6. The lowest BCUT2D eigenvalue weighted by Gasteiger charge is -2.18. The molecule has 8 nitrogen and oxygen atoms in total. The molecule has 146 valence electrons. The van der Waals surface area contributed by atoms with Crippen molar-refractivity contribution in [2.45, 2.75) is 32.5 Å². The van der Waals surface area contributed by atoms with Gasteiger partial charge in [-0.1, -0.05) is 6.08 Å². The van der Waals surface area contributed by atoms with Crippen molar-refractivity contribution >= 4 is 5.97 Å². The van der Waals surface area contributed by atoms with Gasteiger partial charge in [0, 0.05) is 13.2 Å². The third-order valence-electron chi connectivity index (χ3n) is 3.92. The van der Waals surface area contributed by atoms with Crippen LogP contribution >= 0.6 is 0 Å². The number of esters is 1. The van der Waals surface area contributed by atoms with Crippen LogP contribution in [0.2, 0.25) is 0 Å². The first-order chi connectivity index (χ1) is 12.0. The Labute approximate surface area is 148 Å². The summed E-state index contributed by atoms with van der Waals surface area (Å²) in [6.45, 7) is 8.38. The highest BCUT2D eigenvalue weighted by Gasteiger charge is 2.60. The molecule has 1 aliphatic carbocycles. The highest BCUT2D eigenvalue weighted by molar-refractivity contribution is 5.81. The fraction of sp³-hybridized carbons (Fsp3) is 0.824. The number of carbonyl (C=O) groups is 1. The molecule has 0 spiro atoms. The van der Waals surface area contributed by atoms with Crippen LogP contribution in [0.15, 0.2) is 12.7 Å². The molecule has 0 aliphatic heterocycles. The monoisotopic (exact) mass is 362 g/mol. The summed E-state index contributed by atoms with van der Waals surface area (Å²) in [5.74, 6) is -0.535.